The molecule has 0 radical (unpaired) electrons. The summed E-state index contributed by atoms with van der Waals surface area (Å²) in [5, 5.41) is 0.755. The van der Waals surface area contributed by atoms with Gasteiger partial charge in [0.1, 0.15) is 11.3 Å². The monoisotopic (exact) mass is 384 g/mol. The number of amides is 1. The van der Waals surface area contributed by atoms with Crippen molar-refractivity contribution in [2.75, 3.05) is 5.73 Å². The predicted octanol–water partition coefficient (Wildman–Crippen LogP) is 3.52. The second kappa shape index (κ2) is 5.10. The number of primary amides is 1. The van der Waals surface area contributed by atoms with Gasteiger partial charge in [0.2, 0.25) is 5.95 Å². The molecule has 2 heterocycles. The number of furan rings is 1. The number of aryl methyl sites for hydroxylation is 1. The van der Waals surface area contributed by atoms with Gasteiger partial charge in [-0.15, -0.1) is 0 Å². The smallest absolute Gasteiger partial charge is 0.252 e. The van der Waals surface area contributed by atoms with E-state index in [1.807, 2.05) is 41.8 Å². The highest BCUT2D eigenvalue weighted by Crippen LogP contribution is 2.34. The molecule has 0 aliphatic heterocycles. The maximum absolute atomic E-state index is 11.8. The van der Waals surface area contributed by atoms with Crippen LogP contribution in [0.25, 0.3) is 27.7 Å². The average molecular weight is 385 g/mol. The molecule has 0 saturated heterocycles. The van der Waals surface area contributed by atoms with Crippen molar-refractivity contribution in [3.05, 3.63) is 52.2 Å². The maximum Gasteiger partial charge on any atom is 0.252 e. The molecule has 1 amide bonds. The SMILES string of the molecule is Cc1cc2c(o1)c(C(N)=O)cc1nc(N)n(-c3ccc(Br)cc3)c12. The van der Waals surface area contributed by atoms with Crippen molar-refractivity contribution < 1.29 is 9.21 Å². The molecule has 120 valence electrons. The van der Waals surface area contributed by atoms with Crippen LogP contribution < -0.4 is 11.5 Å². The van der Waals surface area contributed by atoms with Gasteiger partial charge in [-0.2, -0.15) is 0 Å². The van der Waals surface area contributed by atoms with E-state index in [-0.39, 0.29) is 0 Å². The standard InChI is InChI=1S/C17H13BrN4O2/c1-8-6-11-14-13(7-12(16(19)23)15(11)24-8)21-17(20)22(14)10-4-2-9(18)3-5-10/h2-7H,1H3,(H2,19,23)(H2,20,21). The fourth-order valence-corrected chi connectivity index (χ4v) is 3.21. The van der Waals surface area contributed by atoms with E-state index in [4.69, 9.17) is 15.9 Å². The summed E-state index contributed by atoms with van der Waals surface area (Å²) in [6, 6.07) is 11.2. The first-order valence-electron chi connectivity index (χ1n) is 7.22. The van der Waals surface area contributed by atoms with Gasteiger partial charge in [0.15, 0.2) is 0 Å². The molecule has 0 atom stereocenters. The molecule has 0 spiro atoms. The molecule has 4 aromatic rings. The van der Waals surface area contributed by atoms with Crippen LogP contribution in [0, 0.1) is 6.92 Å². The quantitative estimate of drug-likeness (QED) is 0.551. The number of carbonyl (C=O) groups is 1. The number of carbonyl (C=O) groups excluding carboxylic acids is 1. The van der Waals surface area contributed by atoms with Gasteiger partial charge >= 0.3 is 0 Å². The summed E-state index contributed by atoms with van der Waals surface area (Å²) in [6.45, 7) is 1.82. The Balaban J connectivity index is 2.16. The van der Waals surface area contributed by atoms with E-state index in [0.29, 0.717) is 28.4 Å². The predicted molar refractivity (Wildman–Crippen MR) is 96.2 cm³/mol. The summed E-state index contributed by atoms with van der Waals surface area (Å²) in [4.78, 5) is 16.2. The largest absolute Gasteiger partial charge is 0.460 e. The highest BCUT2D eigenvalue weighted by molar-refractivity contribution is 9.10. The van der Waals surface area contributed by atoms with Gasteiger partial charge < -0.3 is 15.9 Å². The lowest BCUT2D eigenvalue weighted by Crippen LogP contribution is -2.11. The third-order valence-corrected chi connectivity index (χ3v) is 4.45. The fourth-order valence-electron chi connectivity index (χ4n) is 2.94. The molecule has 6 nitrogen and oxygen atoms in total. The van der Waals surface area contributed by atoms with E-state index in [9.17, 15) is 4.79 Å². The van der Waals surface area contributed by atoms with E-state index in [2.05, 4.69) is 20.9 Å². The van der Waals surface area contributed by atoms with E-state index >= 15 is 0 Å². The Morgan fingerprint density at radius 2 is 1.96 bits per heavy atom. The van der Waals surface area contributed by atoms with Crippen LogP contribution in [0.4, 0.5) is 5.95 Å². The lowest BCUT2D eigenvalue weighted by Gasteiger charge is -2.08. The Morgan fingerprint density at radius 1 is 1.25 bits per heavy atom. The first-order valence-corrected chi connectivity index (χ1v) is 8.02. The number of anilines is 1. The zero-order valence-corrected chi connectivity index (χ0v) is 14.3. The second-order valence-corrected chi connectivity index (χ2v) is 6.45. The Labute approximate surface area is 145 Å². The minimum Gasteiger partial charge on any atom is -0.460 e. The number of halogens is 1. The molecule has 7 heteroatoms. The zero-order chi connectivity index (χ0) is 17.0. The molecule has 24 heavy (non-hydrogen) atoms. The number of fused-ring (bicyclic) bond motifs is 3. The molecule has 2 aromatic heterocycles. The summed E-state index contributed by atoms with van der Waals surface area (Å²) in [6.07, 6.45) is 0. The molecule has 4 N–H and O–H groups in total. The number of nitrogens with two attached hydrogens (primary N) is 2. The topological polar surface area (TPSA) is 100 Å². The van der Waals surface area contributed by atoms with Crippen molar-refractivity contribution in [3.8, 4) is 5.69 Å². The number of nitrogen functional groups attached to an aromatic ring is 1. The lowest BCUT2D eigenvalue weighted by molar-refractivity contribution is 0.100. The van der Waals surface area contributed by atoms with Crippen molar-refractivity contribution in [2.24, 2.45) is 5.73 Å². The van der Waals surface area contributed by atoms with Crippen molar-refractivity contribution in [3.63, 3.8) is 0 Å². The summed E-state index contributed by atoms with van der Waals surface area (Å²) < 4.78 is 8.50. The molecule has 0 aliphatic carbocycles. The van der Waals surface area contributed by atoms with Crippen molar-refractivity contribution in [1.29, 1.82) is 0 Å². The molecular formula is C17H13BrN4O2. The zero-order valence-electron chi connectivity index (χ0n) is 12.7. The van der Waals surface area contributed by atoms with Gasteiger partial charge in [0.05, 0.1) is 16.6 Å². The Bertz CT molecular complexity index is 1110. The molecule has 2 aromatic carbocycles. The number of imidazole rings is 1. The Hall–Kier alpha value is -2.80. The normalized spacial score (nSPS) is 11.4. The number of benzene rings is 2. The number of hydrogen-bond donors (Lipinski definition) is 2. The maximum atomic E-state index is 11.8. The molecule has 0 unspecified atom stereocenters. The van der Waals surface area contributed by atoms with Crippen molar-refractivity contribution in [2.45, 2.75) is 6.92 Å². The molecular weight excluding hydrogens is 372 g/mol. The first kappa shape index (κ1) is 14.8. The molecule has 0 saturated carbocycles. The van der Waals surface area contributed by atoms with Crippen LogP contribution >= 0.6 is 15.9 Å². The number of hydrogen-bond acceptors (Lipinski definition) is 4. The van der Waals surface area contributed by atoms with Gasteiger partial charge in [-0.05, 0) is 43.3 Å². The lowest BCUT2D eigenvalue weighted by atomic mass is 10.1. The minimum absolute atomic E-state index is 0.297. The summed E-state index contributed by atoms with van der Waals surface area (Å²) in [5.74, 6) is 0.448. The van der Waals surface area contributed by atoms with Crippen LogP contribution in [0.1, 0.15) is 16.1 Å². The summed E-state index contributed by atoms with van der Waals surface area (Å²) in [7, 11) is 0. The molecule has 0 bridgehead atoms. The number of rotatable bonds is 2. The van der Waals surface area contributed by atoms with E-state index in [1.165, 1.54) is 0 Å². The molecule has 0 aliphatic rings. The Morgan fingerprint density at radius 3 is 2.62 bits per heavy atom. The van der Waals surface area contributed by atoms with Gasteiger partial charge in [-0.1, -0.05) is 15.9 Å². The Kier molecular flexibility index (Phi) is 3.14. The molecule has 4 rings (SSSR count). The van der Waals surface area contributed by atoms with E-state index in [1.54, 1.807) is 6.07 Å². The highest BCUT2D eigenvalue weighted by atomic mass is 79.9. The van der Waals surface area contributed by atoms with Crippen LogP contribution in [0.3, 0.4) is 0 Å². The first-order chi connectivity index (χ1) is 11.5. The average Bonchev–Trinajstić information content (AvgIpc) is 3.06. The van der Waals surface area contributed by atoms with E-state index in [0.717, 1.165) is 21.1 Å². The van der Waals surface area contributed by atoms with Crippen LogP contribution in [0.5, 0.6) is 0 Å². The van der Waals surface area contributed by atoms with Gasteiger partial charge in [-0.25, -0.2) is 4.98 Å². The van der Waals surface area contributed by atoms with Crippen molar-refractivity contribution >= 4 is 49.8 Å². The second-order valence-electron chi connectivity index (χ2n) is 5.54. The number of aromatic nitrogens is 2. The van der Waals surface area contributed by atoms with Crippen LogP contribution in [0.2, 0.25) is 0 Å². The van der Waals surface area contributed by atoms with Crippen molar-refractivity contribution in [1.82, 2.24) is 9.55 Å². The third-order valence-electron chi connectivity index (χ3n) is 3.92. The minimum atomic E-state index is -0.562. The summed E-state index contributed by atoms with van der Waals surface area (Å²) >= 11 is 3.42. The van der Waals surface area contributed by atoms with Crippen LogP contribution in [-0.4, -0.2) is 15.5 Å². The van der Waals surface area contributed by atoms with Gasteiger partial charge in [-0.3, -0.25) is 9.36 Å². The van der Waals surface area contributed by atoms with E-state index < -0.39 is 5.91 Å². The molecule has 0 fully saturated rings. The summed E-state index contributed by atoms with van der Waals surface area (Å²) in [5.41, 5.74) is 14.6. The van der Waals surface area contributed by atoms with Crippen LogP contribution in [0.15, 0.2) is 45.3 Å². The highest BCUT2D eigenvalue weighted by Gasteiger charge is 2.20. The van der Waals surface area contributed by atoms with Gasteiger partial charge in [0.25, 0.3) is 5.91 Å². The number of nitrogens with zero attached hydrogens (tertiary/aromatic N) is 2. The van der Waals surface area contributed by atoms with Crippen LogP contribution in [-0.2, 0) is 0 Å². The third kappa shape index (κ3) is 2.09. The fraction of sp³-hybridized carbons (Fsp3) is 0.0588. The van der Waals surface area contributed by atoms with Gasteiger partial charge in [0, 0.05) is 15.5 Å².